The van der Waals surface area contributed by atoms with Crippen LogP contribution in [0.2, 0.25) is 10.0 Å². The van der Waals surface area contributed by atoms with Gasteiger partial charge in [-0.3, -0.25) is 9.69 Å². The first-order valence-electron chi connectivity index (χ1n) is 7.67. The Kier molecular flexibility index (Phi) is 6.50. The summed E-state index contributed by atoms with van der Waals surface area (Å²) in [6.07, 6.45) is 0. The fourth-order valence-electron chi connectivity index (χ4n) is 2.51. The number of halogens is 2. The maximum Gasteiger partial charge on any atom is 0.244 e. The molecule has 0 atom stereocenters. The zero-order chi connectivity index (χ0) is 17.9. The minimum atomic E-state index is -3.70. The van der Waals surface area contributed by atoms with Crippen LogP contribution in [0.25, 0.3) is 0 Å². The van der Waals surface area contributed by atoms with E-state index in [9.17, 15) is 13.2 Å². The Morgan fingerprint density at radius 3 is 2.42 bits per heavy atom. The second-order valence-electron chi connectivity index (χ2n) is 5.98. The van der Waals surface area contributed by atoms with Crippen LogP contribution in [0.1, 0.15) is 13.8 Å². The molecule has 0 bridgehead atoms. The highest BCUT2D eigenvalue weighted by molar-refractivity contribution is 7.89. The predicted molar refractivity (Wildman–Crippen MR) is 94.9 cm³/mol. The van der Waals surface area contributed by atoms with Gasteiger partial charge < -0.3 is 5.32 Å². The number of benzene rings is 1. The molecule has 1 N–H and O–H groups in total. The van der Waals surface area contributed by atoms with Gasteiger partial charge in [0.1, 0.15) is 4.90 Å². The standard InChI is InChI=1S/C15H21Cl2N3O3S/c1-11(2)18-15(21)10-19-5-7-20(8-6-19)24(22,23)14-9-12(16)3-4-13(14)17/h3-4,9,11H,5-8,10H2,1-2H3,(H,18,21). The minimum absolute atomic E-state index is 0.0164. The van der Waals surface area contributed by atoms with E-state index >= 15 is 0 Å². The summed E-state index contributed by atoms with van der Waals surface area (Å²) in [5.41, 5.74) is 0. The lowest BCUT2D eigenvalue weighted by Gasteiger charge is -2.33. The van der Waals surface area contributed by atoms with E-state index < -0.39 is 10.0 Å². The van der Waals surface area contributed by atoms with Crippen LogP contribution in [0.4, 0.5) is 0 Å². The number of nitrogens with one attached hydrogen (secondary N) is 1. The summed E-state index contributed by atoms with van der Waals surface area (Å²) in [5, 5.41) is 3.30. The molecule has 6 nitrogen and oxygen atoms in total. The Balaban J connectivity index is 2.01. The molecule has 9 heteroatoms. The van der Waals surface area contributed by atoms with Gasteiger partial charge in [-0.15, -0.1) is 0 Å². The van der Waals surface area contributed by atoms with Crippen molar-refractivity contribution in [2.24, 2.45) is 0 Å². The summed E-state index contributed by atoms with van der Waals surface area (Å²) in [4.78, 5) is 13.7. The van der Waals surface area contributed by atoms with E-state index in [1.807, 2.05) is 18.7 Å². The number of sulfonamides is 1. The third-order valence-electron chi connectivity index (χ3n) is 3.66. The highest BCUT2D eigenvalue weighted by Gasteiger charge is 2.30. The van der Waals surface area contributed by atoms with Crippen LogP contribution in [0.3, 0.4) is 0 Å². The number of rotatable bonds is 5. The minimum Gasteiger partial charge on any atom is -0.353 e. The maximum absolute atomic E-state index is 12.7. The number of piperazine rings is 1. The summed E-state index contributed by atoms with van der Waals surface area (Å²) in [6, 6.07) is 4.48. The molecule has 1 aromatic rings. The molecule has 0 unspecified atom stereocenters. The van der Waals surface area contributed by atoms with Crippen molar-refractivity contribution in [2.75, 3.05) is 32.7 Å². The smallest absolute Gasteiger partial charge is 0.244 e. The van der Waals surface area contributed by atoms with Crippen LogP contribution in [-0.2, 0) is 14.8 Å². The molecule has 0 radical (unpaired) electrons. The molecule has 134 valence electrons. The fraction of sp³-hybridized carbons (Fsp3) is 0.533. The summed E-state index contributed by atoms with van der Waals surface area (Å²) in [7, 11) is -3.70. The quantitative estimate of drug-likeness (QED) is 0.827. The topological polar surface area (TPSA) is 69.7 Å². The van der Waals surface area contributed by atoms with Gasteiger partial charge in [-0.05, 0) is 32.0 Å². The largest absolute Gasteiger partial charge is 0.353 e. The SMILES string of the molecule is CC(C)NC(=O)CN1CCN(S(=O)(=O)c2cc(Cl)ccc2Cl)CC1. The van der Waals surface area contributed by atoms with E-state index in [4.69, 9.17) is 23.2 Å². The number of amides is 1. The van der Waals surface area contributed by atoms with Gasteiger partial charge in [0.25, 0.3) is 0 Å². The van der Waals surface area contributed by atoms with E-state index in [1.165, 1.54) is 16.4 Å². The van der Waals surface area contributed by atoms with Crippen LogP contribution in [0.5, 0.6) is 0 Å². The first-order valence-corrected chi connectivity index (χ1v) is 9.86. The van der Waals surface area contributed by atoms with Crippen molar-refractivity contribution in [3.63, 3.8) is 0 Å². The third kappa shape index (κ3) is 4.83. The van der Waals surface area contributed by atoms with Gasteiger partial charge in [-0.25, -0.2) is 8.42 Å². The lowest BCUT2D eigenvalue weighted by molar-refractivity contribution is -0.123. The lowest BCUT2D eigenvalue weighted by atomic mass is 10.3. The number of carbonyl (C=O) groups excluding carboxylic acids is 1. The van der Waals surface area contributed by atoms with Crippen molar-refractivity contribution in [3.8, 4) is 0 Å². The van der Waals surface area contributed by atoms with Gasteiger partial charge in [0.15, 0.2) is 0 Å². The number of nitrogens with zero attached hydrogens (tertiary/aromatic N) is 2. The van der Waals surface area contributed by atoms with Gasteiger partial charge in [0.2, 0.25) is 15.9 Å². The zero-order valence-corrected chi connectivity index (χ0v) is 16.0. The molecule has 1 heterocycles. The summed E-state index contributed by atoms with van der Waals surface area (Å²) in [5.74, 6) is -0.0563. The molecule has 0 saturated carbocycles. The van der Waals surface area contributed by atoms with Crippen LogP contribution < -0.4 is 5.32 Å². The number of hydrogen-bond acceptors (Lipinski definition) is 4. The molecule has 0 aromatic heterocycles. The second kappa shape index (κ2) is 8.01. The second-order valence-corrected chi connectivity index (χ2v) is 8.73. The van der Waals surface area contributed by atoms with Crippen LogP contribution >= 0.6 is 23.2 Å². The van der Waals surface area contributed by atoms with E-state index in [1.54, 1.807) is 6.07 Å². The molecule has 0 spiro atoms. The highest BCUT2D eigenvalue weighted by atomic mass is 35.5. The average molecular weight is 394 g/mol. The Bertz CT molecular complexity index is 702. The van der Waals surface area contributed by atoms with Gasteiger partial charge >= 0.3 is 0 Å². The van der Waals surface area contributed by atoms with Gasteiger partial charge in [-0.2, -0.15) is 4.31 Å². The van der Waals surface area contributed by atoms with Gasteiger partial charge in [0, 0.05) is 37.2 Å². The Morgan fingerprint density at radius 1 is 1.21 bits per heavy atom. The summed E-state index contributed by atoms with van der Waals surface area (Å²) < 4.78 is 26.8. The van der Waals surface area contributed by atoms with Crippen molar-refractivity contribution in [3.05, 3.63) is 28.2 Å². The average Bonchev–Trinajstić information content (AvgIpc) is 2.49. The fourth-order valence-corrected chi connectivity index (χ4v) is 4.67. The van der Waals surface area contributed by atoms with E-state index in [0.717, 1.165) is 0 Å². The summed E-state index contributed by atoms with van der Waals surface area (Å²) >= 11 is 11.9. The van der Waals surface area contributed by atoms with Crippen molar-refractivity contribution >= 4 is 39.1 Å². The van der Waals surface area contributed by atoms with E-state index in [2.05, 4.69) is 5.32 Å². The van der Waals surface area contributed by atoms with Crippen molar-refractivity contribution < 1.29 is 13.2 Å². The normalized spacial score (nSPS) is 17.2. The first-order chi connectivity index (χ1) is 11.2. The van der Waals surface area contributed by atoms with Crippen LogP contribution in [0.15, 0.2) is 23.1 Å². The van der Waals surface area contributed by atoms with Crippen molar-refractivity contribution in [1.29, 1.82) is 0 Å². The number of carbonyl (C=O) groups is 1. The Labute approximate surface area is 152 Å². The predicted octanol–water partition coefficient (Wildman–Crippen LogP) is 1.82. The van der Waals surface area contributed by atoms with Crippen molar-refractivity contribution in [2.45, 2.75) is 24.8 Å². The molecule has 1 amide bonds. The molecule has 1 fully saturated rings. The Hall–Kier alpha value is -0.860. The molecule has 1 aromatic carbocycles. The molecular weight excluding hydrogens is 373 g/mol. The Morgan fingerprint density at radius 2 is 1.83 bits per heavy atom. The van der Waals surface area contributed by atoms with Crippen LogP contribution in [-0.4, -0.2) is 62.3 Å². The molecule has 0 aliphatic carbocycles. The molecule has 1 aliphatic rings. The van der Waals surface area contributed by atoms with Crippen LogP contribution in [0, 0.1) is 0 Å². The van der Waals surface area contributed by atoms with Crippen molar-refractivity contribution in [1.82, 2.24) is 14.5 Å². The molecule has 24 heavy (non-hydrogen) atoms. The van der Waals surface area contributed by atoms with Gasteiger partial charge in [0.05, 0.1) is 11.6 Å². The molecule has 2 rings (SSSR count). The maximum atomic E-state index is 12.7. The molecular formula is C15H21Cl2N3O3S. The highest BCUT2D eigenvalue weighted by Crippen LogP contribution is 2.28. The lowest BCUT2D eigenvalue weighted by Crippen LogP contribution is -2.51. The van der Waals surface area contributed by atoms with E-state index in [-0.39, 0.29) is 28.4 Å². The molecule has 1 saturated heterocycles. The van der Waals surface area contributed by atoms with Gasteiger partial charge in [-0.1, -0.05) is 23.2 Å². The first kappa shape index (κ1) is 19.5. The zero-order valence-electron chi connectivity index (χ0n) is 13.6. The monoisotopic (exact) mass is 393 g/mol. The summed E-state index contributed by atoms with van der Waals surface area (Å²) in [6.45, 7) is 5.66. The molecule has 1 aliphatic heterocycles. The third-order valence-corrected chi connectivity index (χ3v) is 6.27. The van der Waals surface area contributed by atoms with E-state index in [0.29, 0.717) is 31.2 Å². The number of hydrogen-bond donors (Lipinski definition) is 1.